The number of nitrogens with one attached hydrogen (secondary N) is 4. The lowest BCUT2D eigenvalue weighted by molar-refractivity contribution is -0.140. The number of aliphatic hydroxyl groups excluding tert-OH is 1. The summed E-state index contributed by atoms with van der Waals surface area (Å²) < 4.78 is 0. The monoisotopic (exact) mass is 991 g/mol. The van der Waals surface area contributed by atoms with Crippen molar-refractivity contribution in [3.63, 3.8) is 0 Å². The molecule has 390 valence electrons. The van der Waals surface area contributed by atoms with Gasteiger partial charge in [-0.05, 0) is 49.8 Å². The third-order valence-electron chi connectivity index (χ3n) is 11.6. The van der Waals surface area contributed by atoms with E-state index in [1.807, 2.05) is 0 Å². The number of likely N-dealkylation sites (tertiary alicyclic amines) is 1. The first kappa shape index (κ1) is 58.3. The first-order valence-electron chi connectivity index (χ1n) is 23.3. The number of aliphatic carboxylic acids is 3. The van der Waals surface area contributed by atoms with Crippen molar-refractivity contribution in [2.75, 3.05) is 119 Å². The molecular formula is C43H71BN12O14. The van der Waals surface area contributed by atoms with E-state index in [4.69, 9.17) is 5.73 Å². The molecule has 26 nitrogen and oxygen atoms in total. The molecule has 1 aromatic rings. The summed E-state index contributed by atoms with van der Waals surface area (Å²) >= 11 is 0. The summed E-state index contributed by atoms with van der Waals surface area (Å²) in [5.74, 6) is -6.21. The molecule has 0 saturated carbocycles. The Morgan fingerprint density at radius 1 is 0.743 bits per heavy atom. The van der Waals surface area contributed by atoms with E-state index < -0.39 is 73.3 Å². The summed E-state index contributed by atoms with van der Waals surface area (Å²) in [6.07, 6.45) is 0.743. The van der Waals surface area contributed by atoms with Gasteiger partial charge in [0.25, 0.3) is 5.91 Å². The predicted molar refractivity (Wildman–Crippen MR) is 254 cm³/mol. The number of amides is 5. The topological polar surface area (TPSA) is 364 Å². The van der Waals surface area contributed by atoms with Gasteiger partial charge < -0.3 is 67.3 Å². The van der Waals surface area contributed by atoms with Crippen molar-refractivity contribution in [2.24, 2.45) is 10.7 Å². The highest BCUT2D eigenvalue weighted by Gasteiger charge is 2.41. The van der Waals surface area contributed by atoms with Crippen molar-refractivity contribution in [1.82, 2.24) is 50.7 Å². The Morgan fingerprint density at radius 2 is 1.27 bits per heavy atom. The van der Waals surface area contributed by atoms with Gasteiger partial charge in [0.15, 0.2) is 5.96 Å². The number of carbonyl (C=O) groups is 8. The maximum absolute atomic E-state index is 13.6. The maximum atomic E-state index is 13.6. The number of β-amino-alcohol motifs (C(OH)–C–C–N with tert-alkyl or cyclic N) is 1. The summed E-state index contributed by atoms with van der Waals surface area (Å²) in [5, 5.41) is 68.3. The zero-order chi connectivity index (χ0) is 51.8. The normalized spacial score (nSPS) is 18.4. The molecule has 0 aromatic heterocycles. The highest BCUT2D eigenvalue weighted by molar-refractivity contribution is 6.43. The van der Waals surface area contributed by atoms with Crippen LogP contribution in [-0.4, -0.2) is 257 Å². The number of aliphatic imine (C=N–C) groups is 1. The van der Waals surface area contributed by atoms with Crippen LogP contribution in [-0.2, 0) is 40.1 Å². The van der Waals surface area contributed by atoms with Crippen molar-refractivity contribution in [3.05, 3.63) is 35.4 Å². The van der Waals surface area contributed by atoms with E-state index in [-0.39, 0.29) is 135 Å². The molecule has 2 fully saturated rings. The molecule has 3 atom stereocenters. The molecule has 70 heavy (non-hydrogen) atoms. The van der Waals surface area contributed by atoms with Crippen LogP contribution < -0.4 is 27.0 Å². The average molecular weight is 991 g/mol. The summed E-state index contributed by atoms with van der Waals surface area (Å²) in [7, 11) is 1.64. The molecule has 2 saturated heterocycles. The Kier molecular flexibility index (Phi) is 25.5. The molecule has 27 heteroatoms. The van der Waals surface area contributed by atoms with Gasteiger partial charge in [-0.3, -0.25) is 62.9 Å². The zero-order valence-electron chi connectivity index (χ0n) is 40.0. The second-order valence-corrected chi connectivity index (χ2v) is 17.5. The van der Waals surface area contributed by atoms with Gasteiger partial charge in [0.05, 0.1) is 44.8 Å². The molecule has 2 aliphatic heterocycles. The van der Waals surface area contributed by atoms with Gasteiger partial charge in [-0.15, -0.1) is 0 Å². The number of rotatable bonds is 25. The second-order valence-electron chi connectivity index (χ2n) is 17.5. The Morgan fingerprint density at radius 3 is 1.77 bits per heavy atom. The third-order valence-corrected chi connectivity index (χ3v) is 11.6. The van der Waals surface area contributed by atoms with Gasteiger partial charge in [-0.1, -0.05) is 12.1 Å². The van der Waals surface area contributed by atoms with E-state index in [2.05, 4.69) is 26.3 Å². The molecule has 0 radical (unpaired) electrons. The standard InChI is InChI=1S/C43H71BN12O14/c1-51(2)43(45)47-13-5-6-33(50-36(59)26-52-14-16-53(27-38(61)62)18-20-55(29-40(65)66)21-19-54(17-15-52)28-39(63)64)42(68)46-12-4-3-7-35(58)48-23-30-8-10-31(11-9-30)41(67)49-24-37(60)56-25-32(57)22-34(56)44(69)70/h8-11,32-34,57,69-70H,3-7,12-29H2,1-2H3,(H2,45,47)(H,46,68)(H,48,58)(H,49,67)(H,50,59)(H,61,62)(H,63,64)(H,65,66)/t32?,33-,34?/m0/s1. The molecule has 1 aromatic carbocycles. The van der Waals surface area contributed by atoms with E-state index in [0.717, 1.165) is 4.90 Å². The largest absolute Gasteiger partial charge is 0.480 e. The van der Waals surface area contributed by atoms with Crippen LogP contribution >= 0.6 is 0 Å². The molecule has 0 spiro atoms. The summed E-state index contributed by atoms with van der Waals surface area (Å²) in [6, 6.07) is 5.38. The number of unbranched alkanes of at least 4 members (excludes halogenated alkanes) is 1. The number of aliphatic hydroxyl groups is 1. The quantitative estimate of drug-likeness (QED) is 0.0189. The molecule has 0 aliphatic carbocycles. The molecule has 2 heterocycles. The Balaban J connectivity index is 1.52. The summed E-state index contributed by atoms with van der Waals surface area (Å²) in [4.78, 5) is 114. The van der Waals surface area contributed by atoms with Gasteiger partial charge in [0, 0.05) is 105 Å². The molecule has 0 bridgehead atoms. The fourth-order valence-corrected chi connectivity index (χ4v) is 7.71. The van der Waals surface area contributed by atoms with Crippen molar-refractivity contribution in [1.29, 1.82) is 0 Å². The van der Waals surface area contributed by atoms with Crippen molar-refractivity contribution >= 4 is 60.5 Å². The number of benzene rings is 1. The van der Waals surface area contributed by atoms with Gasteiger partial charge >= 0.3 is 25.0 Å². The fourth-order valence-electron chi connectivity index (χ4n) is 7.71. The molecule has 12 N–H and O–H groups in total. The molecule has 2 aliphatic rings. The van der Waals surface area contributed by atoms with Crippen LogP contribution in [0.15, 0.2) is 29.3 Å². The minimum Gasteiger partial charge on any atom is -0.480 e. The maximum Gasteiger partial charge on any atom is 0.475 e. The van der Waals surface area contributed by atoms with Crippen LogP contribution in [0.4, 0.5) is 0 Å². The Labute approximate surface area is 407 Å². The van der Waals surface area contributed by atoms with E-state index in [1.54, 1.807) is 50.7 Å². The number of nitrogens with zero attached hydrogens (tertiary/aromatic N) is 7. The van der Waals surface area contributed by atoms with Gasteiger partial charge in [-0.25, -0.2) is 0 Å². The first-order valence-corrected chi connectivity index (χ1v) is 23.3. The lowest BCUT2D eigenvalue weighted by Crippen LogP contribution is -2.52. The molecule has 2 unspecified atom stereocenters. The van der Waals surface area contributed by atoms with Crippen LogP contribution in [0.5, 0.6) is 0 Å². The number of hydrogen-bond donors (Lipinski definition) is 11. The van der Waals surface area contributed by atoms with Gasteiger partial charge in [0.1, 0.15) is 6.04 Å². The number of carbonyl (C=O) groups excluding carboxylic acids is 5. The zero-order valence-corrected chi connectivity index (χ0v) is 40.0. The number of hydrogen-bond acceptors (Lipinski definition) is 16. The summed E-state index contributed by atoms with van der Waals surface area (Å²) in [6.45, 7) is 0.780. The number of carboxylic acid groups (broad SMARTS) is 3. The Hall–Kier alpha value is -5.97. The highest BCUT2D eigenvalue weighted by Crippen LogP contribution is 2.19. The number of carboxylic acids is 3. The van der Waals surface area contributed by atoms with E-state index in [1.165, 1.54) is 12.1 Å². The van der Waals surface area contributed by atoms with Gasteiger partial charge in [0.2, 0.25) is 23.6 Å². The minimum atomic E-state index is -1.82. The van der Waals surface area contributed by atoms with E-state index in [9.17, 15) is 68.8 Å². The smallest absolute Gasteiger partial charge is 0.475 e. The fraction of sp³-hybridized carbons (Fsp3) is 0.651. The SMILES string of the molecule is CN(C)C(N)=NCCC[C@H](NC(=O)CN1CCN(CC(=O)O)CCN(CC(=O)O)CCN(CC(=O)O)CC1)C(=O)NCCCCC(=O)NCc1ccc(C(=O)NCC(=O)N2CC(O)CC2B(O)O)cc1. The summed E-state index contributed by atoms with van der Waals surface area (Å²) in [5.41, 5.74) is 6.88. The second kappa shape index (κ2) is 30.6. The van der Waals surface area contributed by atoms with Crippen LogP contribution in [0.3, 0.4) is 0 Å². The lowest BCUT2D eigenvalue weighted by Gasteiger charge is -2.33. The lowest BCUT2D eigenvalue weighted by atomic mass is 9.77. The van der Waals surface area contributed by atoms with Crippen LogP contribution in [0.25, 0.3) is 0 Å². The van der Waals surface area contributed by atoms with Crippen LogP contribution in [0.1, 0.15) is 54.4 Å². The van der Waals surface area contributed by atoms with E-state index >= 15 is 0 Å². The third kappa shape index (κ3) is 22.6. The predicted octanol–water partition coefficient (Wildman–Crippen LogP) is -5.09. The van der Waals surface area contributed by atoms with Crippen molar-refractivity contribution in [3.8, 4) is 0 Å². The number of nitrogens with two attached hydrogens (primary N) is 1. The molecule has 3 rings (SSSR count). The first-order chi connectivity index (χ1) is 33.2. The molecule has 5 amide bonds. The molecular weight excluding hydrogens is 919 g/mol. The highest BCUT2D eigenvalue weighted by atomic mass is 16.4. The van der Waals surface area contributed by atoms with Gasteiger partial charge in [-0.2, -0.15) is 0 Å². The van der Waals surface area contributed by atoms with Crippen molar-refractivity contribution in [2.45, 2.75) is 63.2 Å². The average Bonchev–Trinajstić information content (AvgIpc) is 3.70. The van der Waals surface area contributed by atoms with E-state index in [0.29, 0.717) is 30.8 Å². The van der Waals surface area contributed by atoms with Crippen LogP contribution in [0, 0.1) is 0 Å². The van der Waals surface area contributed by atoms with Crippen molar-refractivity contribution < 1.29 is 68.8 Å². The van der Waals surface area contributed by atoms with Crippen LogP contribution in [0.2, 0.25) is 0 Å². The Bertz CT molecular complexity index is 1900. The minimum absolute atomic E-state index is 0.0109. The number of guanidine groups is 1.